The van der Waals surface area contributed by atoms with Crippen LogP contribution < -0.4 is 11.1 Å². The lowest BCUT2D eigenvalue weighted by Crippen LogP contribution is -2.52. The average molecular weight is 252 g/mol. The van der Waals surface area contributed by atoms with Crippen molar-refractivity contribution >= 4 is 11.9 Å². The zero-order chi connectivity index (χ0) is 13.2. The lowest BCUT2D eigenvalue weighted by atomic mass is 9.75. The van der Waals surface area contributed by atoms with Gasteiger partial charge in [-0.1, -0.05) is 19.8 Å². The van der Waals surface area contributed by atoms with E-state index in [0.717, 1.165) is 12.5 Å². The number of likely N-dealkylation sites (N-methyl/N-ethyl adjacent to an activating group) is 1. The van der Waals surface area contributed by atoms with Crippen LogP contribution in [0.5, 0.6) is 0 Å². The van der Waals surface area contributed by atoms with Gasteiger partial charge in [0.1, 0.15) is 0 Å². The summed E-state index contributed by atoms with van der Waals surface area (Å²) in [5.41, 5.74) is 5.72. The van der Waals surface area contributed by atoms with Crippen molar-refractivity contribution in [2.45, 2.75) is 38.1 Å². The smallest absolute Gasteiger partial charge is 0.243 e. The highest BCUT2D eigenvalue weighted by Crippen LogP contribution is 2.35. The van der Waals surface area contributed by atoms with E-state index in [1.165, 1.54) is 25.7 Å². The van der Waals surface area contributed by atoms with E-state index in [4.69, 9.17) is 5.73 Å². The van der Waals surface area contributed by atoms with Crippen LogP contribution in [0, 0.1) is 5.92 Å². The highest BCUT2D eigenvalue weighted by atomic mass is 15.3. The van der Waals surface area contributed by atoms with Crippen LogP contribution in [0.3, 0.4) is 0 Å². The van der Waals surface area contributed by atoms with Gasteiger partial charge in [0.2, 0.25) is 11.9 Å². The molecule has 0 saturated heterocycles. The van der Waals surface area contributed by atoms with Gasteiger partial charge in [0.05, 0.1) is 0 Å². The molecule has 2 rings (SSSR count). The predicted molar refractivity (Wildman–Crippen MR) is 73.3 cm³/mol. The van der Waals surface area contributed by atoms with Gasteiger partial charge in [0.15, 0.2) is 0 Å². The minimum atomic E-state index is 0.201. The van der Waals surface area contributed by atoms with Crippen LogP contribution in [0.4, 0.5) is 11.9 Å². The second kappa shape index (κ2) is 5.14. The molecule has 18 heavy (non-hydrogen) atoms. The van der Waals surface area contributed by atoms with Crippen molar-refractivity contribution in [3.63, 3.8) is 0 Å². The number of rotatable bonds is 4. The van der Waals surface area contributed by atoms with Crippen molar-refractivity contribution in [1.82, 2.24) is 20.1 Å². The Balaban J connectivity index is 2.02. The highest BCUT2D eigenvalue weighted by molar-refractivity contribution is 5.30. The lowest BCUT2D eigenvalue weighted by Gasteiger charge is -2.45. The summed E-state index contributed by atoms with van der Waals surface area (Å²) >= 11 is 0. The Morgan fingerprint density at radius 1 is 1.56 bits per heavy atom. The summed E-state index contributed by atoms with van der Waals surface area (Å²) in [4.78, 5) is 6.42. The van der Waals surface area contributed by atoms with Gasteiger partial charge in [-0.15, -0.1) is 5.10 Å². The van der Waals surface area contributed by atoms with Gasteiger partial charge in [-0.25, -0.2) is 5.10 Å². The maximum atomic E-state index is 5.52. The van der Waals surface area contributed by atoms with Crippen molar-refractivity contribution in [1.29, 1.82) is 0 Å². The maximum Gasteiger partial charge on any atom is 0.243 e. The van der Waals surface area contributed by atoms with E-state index >= 15 is 0 Å². The van der Waals surface area contributed by atoms with Gasteiger partial charge in [0.25, 0.3) is 0 Å². The third kappa shape index (κ3) is 2.75. The molecule has 0 amide bonds. The van der Waals surface area contributed by atoms with E-state index in [-0.39, 0.29) is 5.54 Å². The first kappa shape index (κ1) is 13.1. The molecule has 4 N–H and O–H groups in total. The largest absolute Gasteiger partial charge is 0.368 e. The fourth-order valence-electron chi connectivity index (χ4n) is 2.95. The van der Waals surface area contributed by atoms with Crippen molar-refractivity contribution in [3.8, 4) is 0 Å². The first-order valence-electron chi connectivity index (χ1n) is 6.61. The van der Waals surface area contributed by atoms with Gasteiger partial charge >= 0.3 is 0 Å². The van der Waals surface area contributed by atoms with Crippen LogP contribution in [0.1, 0.15) is 32.6 Å². The topological polar surface area (TPSA) is 82.9 Å². The minimum absolute atomic E-state index is 0.201. The molecule has 0 radical (unpaired) electrons. The molecular weight excluding hydrogens is 228 g/mol. The summed E-state index contributed by atoms with van der Waals surface area (Å²) in [6, 6.07) is 0. The molecule has 1 aromatic rings. The number of nitrogen functional groups attached to an aromatic ring is 1. The van der Waals surface area contributed by atoms with Crippen LogP contribution in [0.25, 0.3) is 0 Å². The van der Waals surface area contributed by atoms with Gasteiger partial charge in [-0.05, 0) is 32.9 Å². The van der Waals surface area contributed by atoms with Gasteiger partial charge < -0.3 is 16.0 Å². The summed E-state index contributed by atoms with van der Waals surface area (Å²) < 4.78 is 0. The van der Waals surface area contributed by atoms with E-state index in [9.17, 15) is 0 Å². The Kier molecular flexibility index (Phi) is 3.75. The minimum Gasteiger partial charge on any atom is -0.368 e. The summed E-state index contributed by atoms with van der Waals surface area (Å²) in [6.07, 6.45) is 5.06. The molecule has 1 aliphatic carbocycles. The monoisotopic (exact) mass is 252 g/mol. The molecule has 0 aromatic carbocycles. The number of hydrogen-bond donors (Lipinski definition) is 3. The quantitative estimate of drug-likeness (QED) is 0.752. The highest BCUT2D eigenvalue weighted by Gasteiger charge is 2.36. The van der Waals surface area contributed by atoms with Crippen molar-refractivity contribution in [2.75, 3.05) is 31.7 Å². The fourth-order valence-corrected chi connectivity index (χ4v) is 2.95. The number of nitrogens with one attached hydrogen (secondary N) is 2. The number of nitrogens with zero attached hydrogens (tertiary/aromatic N) is 3. The number of aromatic nitrogens is 3. The first-order valence-corrected chi connectivity index (χ1v) is 6.61. The molecule has 0 spiro atoms. The van der Waals surface area contributed by atoms with E-state index in [1.807, 2.05) is 0 Å². The summed E-state index contributed by atoms with van der Waals surface area (Å²) in [5, 5.41) is 9.97. The Hall–Kier alpha value is -1.30. The van der Waals surface area contributed by atoms with E-state index in [0.29, 0.717) is 11.9 Å². The molecule has 2 atom stereocenters. The zero-order valence-corrected chi connectivity index (χ0v) is 11.5. The molecule has 1 aromatic heterocycles. The Morgan fingerprint density at radius 3 is 2.89 bits per heavy atom. The Bertz CT molecular complexity index is 388. The number of nitrogens with two attached hydrogens (primary N) is 1. The summed E-state index contributed by atoms with van der Waals surface area (Å²) in [6.45, 7) is 3.20. The van der Waals surface area contributed by atoms with Gasteiger partial charge in [-0.2, -0.15) is 4.98 Å². The SMILES string of the molecule is CC1CCCC(CNc2n[nH]c(N)n2)(N(C)C)C1. The summed E-state index contributed by atoms with van der Waals surface area (Å²) in [5.74, 6) is 1.72. The number of aromatic amines is 1. The third-order valence-electron chi connectivity index (χ3n) is 4.09. The Morgan fingerprint density at radius 2 is 2.33 bits per heavy atom. The van der Waals surface area contributed by atoms with Crippen LogP contribution in [0.15, 0.2) is 0 Å². The molecule has 0 aliphatic heterocycles. The lowest BCUT2D eigenvalue weighted by molar-refractivity contribution is 0.0881. The zero-order valence-electron chi connectivity index (χ0n) is 11.5. The first-order chi connectivity index (χ1) is 8.52. The van der Waals surface area contributed by atoms with Crippen molar-refractivity contribution < 1.29 is 0 Å². The third-order valence-corrected chi connectivity index (χ3v) is 4.09. The van der Waals surface area contributed by atoms with E-state index in [2.05, 4.69) is 46.4 Å². The molecule has 6 nitrogen and oxygen atoms in total. The van der Waals surface area contributed by atoms with Crippen molar-refractivity contribution in [3.05, 3.63) is 0 Å². The second-order valence-corrected chi connectivity index (χ2v) is 5.72. The maximum absolute atomic E-state index is 5.52. The van der Waals surface area contributed by atoms with E-state index < -0.39 is 0 Å². The van der Waals surface area contributed by atoms with Crippen LogP contribution in [-0.2, 0) is 0 Å². The summed E-state index contributed by atoms with van der Waals surface area (Å²) in [7, 11) is 4.32. The predicted octanol–water partition coefficient (Wildman–Crippen LogP) is 1.31. The van der Waals surface area contributed by atoms with Crippen LogP contribution in [0.2, 0.25) is 0 Å². The van der Waals surface area contributed by atoms with Gasteiger partial charge in [-0.3, -0.25) is 0 Å². The molecule has 1 saturated carbocycles. The molecule has 6 heteroatoms. The second-order valence-electron chi connectivity index (χ2n) is 5.72. The number of hydrogen-bond acceptors (Lipinski definition) is 5. The fraction of sp³-hybridized carbons (Fsp3) is 0.833. The standard InChI is InChI=1S/C12H24N6/c1-9-5-4-6-12(7-9,18(2)3)8-14-11-15-10(13)16-17-11/h9H,4-8H2,1-3H3,(H4,13,14,15,16,17). The van der Waals surface area contributed by atoms with Crippen molar-refractivity contribution in [2.24, 2.45) is 5.92 Å². The number of H-pyrrole nitrogens is 1. The molecule has 0 bridgehead atoms. The van der Waals surface area contributed by atoms with Gasteiger partial charge in [0, 0.05) is 12.1 Å². The molecule has 2 unspecified atom stereocenters. The molecule has 1 aliphatic rings. The van der Waals surface area contributed by atoms with Crippen LogP contribution >= 0.6 is 0 Å². The molecular formula is C12H24N6. The molecule has 102 valence electrons. The van der Waals surface area contributed by atoms with Crippen LogP contribution in [-0.4, -0.2) is 46.3 Å². The molecule has 1 fully saturated rings. The normalized spacial score (nSPS) is 28.6. The number of anilines is 2. The Labute approximate surface area is 108 Å². The van der Waals surface area contributed by atoms with E-state index in [1.54, 1.807) is 0 Å². The molecule has 1 heterocycles. The average Bonchev–Trinajstić information content (AvgIpc) is 2.72.